The summed E-state index contributed by atoms with van der Waals surface area (Å²) in [5, 5.41) is 3.73. The zero-order valence-electron chi connectivity index (χ0n) is 10.8. The van der Waals surface area contributed by atoms with E-state index in [0.717, 1.165) is 22.2 Å². The average molecular weight is 307 g/mol. The molecule has 0 atom stereocenters. The summed E-state index contributed by atoms with van der Waals surface area (Å²) in [5.41, 5.74) is 7.03. The van der Waals surface area contributed by atoms with Crippen molar-refractivity contribution in [3.05, 3.63) is 35.2 Å². The van der Waals surface area contributed by atoms with E-state index in [-0.39, 0.29) is 10.6 Å². The van der Waals surface area contributed by atoms with Crippen LogP contribution in [0.15, 0.2) is 30.3 Å². The minimum Gasteiger partial charge on any atom is -0.397 e. The smallest absolute Gasteiger partial charge is 0.263 e. The number of halogens is 2. The van der Waals surface area contributed by atoms with Crippen LogP contribution in [0.3, 0.4) is 0 Å². The fourth-order valence-electron chi connectivity index (χ4n) is 2.06. The van der Waals surface area contributed by atoms with Gasteiger partial charge in [-0.3, -0.25) is 4.79 Å². The average Bonchev–Trinajstić information content (AvgIpc) is 2.79. The highest BCUT2D eigenvalue weighted by Gasteiger charge is 2.18. The summed E-state index contributed by atoms with van der Waals surface area (Å²) < 4.78 is 24.3. The van der Waals surface area contributed by atoms with Crippen LogP contribution >= 0.6 is 11.3 Å². The molecule has 0 unspecified atom stereocenters. The first-order chi connectivity index (χ1) is 10.1. The van der Waals surface area contributed by atoms with Gasteiger partial charge in [0.25, 0.3) is 12.3 Å². The van der Waals surface area contributed by atoms with E-state index in [1.807, 2.05) is 30.3 Å². The Labute approximate surface area is 122 Å². The molecule has 0 spiro atoms. The highest BCUT2D eigenvalue weighted by atomic mass is 32.1. The van der Waals surface area contributed by atoms with Gasteiger partial charge in [-0.25, -0.2) is 13.8 Å². The summed E-state index contributed by atoms with van der Waals surface area (Å²) in [6.07, 6.45) is -2.59. The number of rotatable bonds is 3. The maximum absolute atomic E-state index is 12.2. The molecule has 21 heavy (non-hydrogen) atoms. The molecule has 1 amide bonds. The second kappa shape index (κ2) is 5.25. The van der Waals surface area contributed by atoms with Crippen molar-refractivity contribution < 1.29 is 13.6 Å². The van der Waals surface area contributed by atoms with Gasteiger partial charge in [0.05, 0.1) is 17.7 Å². The number of amides is 1. The van der Waals surface area contributed by atoms with Gasteiger partial charge in [0, 0.05) is 10.8 Å². The lowest BCUT2D eigenvalue weighted by Crippen LogP contribution is -2.28. The van der Waals surface area contributed by atoms with Crippen molar-refractivity contribution in [2.24, 2.45) is 0 Å². The Balaban J connectivity index is 2.06. The van der Waals surface area contributed by atoms with Crippen LogP contribution in [0.25, 0.3) is 21.1 Å². The Kier molecular flexibility index (Phi) is 3.42. The molecule has 0 aliphatic rings. The Morgan fingerprint density at radius 3 is 2.90 bits per heavy atom. The number of hydrogen-bond donors (Lipinski definition) is 2. The molecule has 3 aromatic rings. The van der Waals surface area contributed by atoms with Crippen LogP contribution in [0.4, 0.5) is 14.5 Å². The second-order valence-corrected chi connectivity index (χ2v) is 5.48. The fourth-order valence-corrected chi connectivity index (χ4v) is 3.06. The molecule has 0 saturated carbocycles. The van der Waals surface area contributed by atoms with E-state index in [1.165, 1.54) is 0 Å². The van der Waals surface area contributed by atoms with Crippen molar-refractivity contribution >= 4 is 44.1 Å². The number of thiophene rings is 1. The number of hydrogen-bond acceptors (Lipinski definition) is 4. The van der Waals surface area contributed by atoms with Crippen molar-refractivity contribution in [1.29, 1.82) is 0 Å². The first kappa shape index (κ1) is 13.7. The topological polar surface area (TPSA) is 68.0 Å². The summed E-state index contributed by atoms with van der Waals surface area (Å²) in [5.74, 6) is -0.597. The molecule has 3 rings (SSSR count). The zero-order valence-corrected chi connectivity index (χ0v) is 11.6. The van der Waals surface area contributed by atoms with E-state index in [2.05, 4.69) is 10.3 Å². The largest absolute Gasteiger partial charge is 0.397 e. The molecule has 7 heteroatoms. The summed E-state index contributed by atoms with van der Waals surface area (Å²) in [6.45, 7) is -0.693. The molecule has 2 heterocycles. The van der Waals surface area contributed by atoms with E-state index in [0.29, 0.717) is 10.2 Å². The number of para-hydroxylation sites is 1. The maximum Gasteiger partial charge on any atom is 0.263 e. The minimum absolute atomic E-state index is 0.216. The molecule has 0 radical (unpaired) electrons. The third-order valence-electron chi connectivity index (χ3n) is 3.05. The van der Waals surface area contributed by atoms with Gasteiger partial charge >= 0.3 is 0 Å². The zero-order chi connectivity index (χ0) is 15.0. The maximum atomic E-state index is 12.2. The van der Waals surface area contributed by atoms with Crippen LogP contribution in [0.2, 0.25) is 0 Å². The van der Waals surface area contributed by atoms with Crippen LogP contribution in [0.5, 0.6) is 0 Å². The summed E-state index contributed by atoms with van der Waals surface area (Å²) >= 11 is 1.11. The Morgan fingerprint density at radius 1 is 1.38 bits per heavy atom. The van der Waals surface area contributed by atoms with Gasteiger partial charge in [0.2, 0.25) is 0 Å². The molecule has 1 aromatic carbocycles. The first-order valence-corrected chi connectivity index (χ1v) is 7.02. The number of nitrogens with two attached hydrogens (primary N) is 1. The van der Waals surface area contributed by atoms with Crippen LogP contribution in [-0.4, -0.2) is 23.9 Å². The molecule has 0 bridgehead atoms. The van der Waals surface area contributed by atoms with E-state index in [1.54, 1.807) is 0 Å². The van der Waals surface area contributed by atoms with Crippen molar-refractivity contribution in [3.8, 4) is 0 Å². The standard InChI is InChI=1S/C14H11F2N3OS/c15-10(16)6-18-13(20)12-11(17)8-5-7-3-1-2-4-9(7)19-14(8)21-12/h1-5,10H,6,17H2,(H,18,20). The number of carbonyl (C=O) groups is 1. The number of nitrogens with zero attached hydrogens (tertiary/aromatic N) is 1. The normalized spacial score (nSPS) is 11.4. The quantitative estimate of drug-likeness (QED) is 0.781. The van der Waals surface area contributed by atoms with Gasteiger partial charge in [0.15, 0.2) is 0 Å². The molecule has 0 aliphatic heterocycles. The van der Waals surface area contributed by atoms with E-state index in [9.17, 15) is 13.6 Å². The van der Waals surface area contributed by atoms with Gasteiger partial charge in [0.1, 0.15) is 9.71 Å². The number of anilines is 1. The summed E-state index contributed by atoms with van der Waals surface area (Å²) in [7, 11) is 0. The minimum atomic E-state index is -2.59. The first-order valence-electron chi connectivity index (χ1n) is 6.20. The summed E-state index contributed by atoms with van der Waals surface area (Å²) in [6, 6.07) is 9.37. The molecule has 3 N–H and O–H groups in total. The Morgan fingerprint density at radius 2 is 2.14 bits per heavy atom. The molecule has 0 saturated heterocycles. The van der Waals surface area contributed by atoms with Crippen molar-refractivity contribution in [2.45, 2.75) is 6.43 Å². The third-order valence-corrected chi connectivity index (χ3v) is 4.16. The fraction of sp³-hybridized carbons (Fsp3) is 0.143. The van der Waals surface area contributed by atoms with Crippen molar-refractivity contribution in [2.75, 3.05) is 12.3 Å². The number of alkyl halides is 2. The monoisotopic (exact) mass is 307 g/mol. The summed E-state index contributed by atoms with van der Waals surface area (Å²) in [4.78, 5) is 17.2. The van der Waals surface area contributed by atoms with E-state index >= 15 is 0 Å². The van der Waals surface area contributed by atoms with Crippen molar-refractivity contribution in [3.63, 3.8) is 0 Å². The SMILES string of the molecule is Nc1c(C(=O)NCC(F)F)sc2nc3ccccc3cc12. The number of nitrogen functional groups attached to an aromatic ring is 1. The number of nitrogens with one attached hydrogen (secondary N) is 1. The Bertz CT molecular complexity index is 832. The number of aromatic nitrogens is 1. The number of benzene rings is 1. The van der Waals surface area contributed by atoms with Crippen LogP contribution < -0.4 is 11.1 Å². The number of fused-ring (bicyclic) bond motifs is 2. The molecule has 0 aliphatic carbocycles. The van der Waals surface area contributed by atoms with Crippen LogP contribution in [0.1, 0.15) is 9.67 Å². The molecule has 108 valence electrons. The molecule has 4 nitrogen and oxygen atoms in total. The third kappa shape index (κ3) is 2.52. The van der Waals surface area contributed by atoms with Crippen molar-refractivity contribution in [1.82, 2.24) is 10.3 Å². The van der Waals surface area contributed by atoms with Gasteiger partial charge < -0.3 is 11.1 Å². The highest BCUT2D eigenvalue weighted by Crippen LogP contribution is 2.34. The van der Waals surface area contributed by atoms with E-state index < -0.39 is 18.9 Å². The molecule has 2 aromatic heterocycles. The lowest BCUT2D eigenvalue weighted by atomic mass is 10.1. The van der Waals surface area contributed by atoms with Gasteiger partial charge in [-0.05, 0) is 12.1 Å². The highest BCUT2D eigenvalue weighted by molar-refractivity contribution is 7.21. The van der Waals surface area contributed by atoms with Gasteiger partial charge in [-0.1, -0.05) is 18.2 Å². The molecular formula is C14H11F2N3OS. The van der Waals surface area contributed by atoms with Gasteiger partial charge in [-0.15, -0.1) is 11.3 Å². The van der Waals surface area contributed by atoms with E-state index in [4.69, 9.17) is 5.73 Å². The number of carbonyl (C=O) groups excluding carboxylic acids is 1. The number of pyridine rings is 1. The van der Waals surface area contributed by atoms with Crippen LogP contribution in [0, 0.1) is 0 Å². The predicted molar refractivity (Wildman–Crippen MR) is 79.9 cm³/mol. The second-order valence-electron chi connectivity index (χ2n) is 4.48. The molecular weight excluding hydrogens is 296 g/mol. The molecule has 0 fully saturated rings. The lowest BCUT2D eigenvalue weighted by molar-refractivity contribution is 0.0896. The Hall–Kier alpha value is -2.28. The van der Waals surface area contributed by atoms with Gasteiger partial charge in [-0.2, -0.15) is 0 Å². The lowest BCUT2D eigenvalue weighted by Gasteiger charge is -2.02. The van der Waals surface area contributed by atoms with Crippen LogP contribution in [-0.2, 0) is 0 Å². The predicted octanol–water partition coefficient (Wildman–Crippen LogP) is 3.03.